The molecule has 0 radical (unpaired) electrons. The van der Waals surface area contributed by atoms with Crippen molar-refractivity contribution >= 4 is 11.6 Å². The van der Waals surface area contributed by atoms with Crippen molar-refractivity contribution in [2.24, 2.45) is 7.05 Å². The maximum atomic E-state index is 11.9. The molecular formula is C14H18N4O2. The Morgan fingerprint density at radius 2 is 2.10 bits per heavy atom. The molecule has 0 atom stereocenters. The van der Waals surface area contributed by atoms with Gasteiger partial charge in [-0.1, -0.05) is 12.1 Å². The second kappa shape index (κ2) is 6.10. The summed E-state index contributed by atoms with van der Waals surface area (Å²) in [7, 11) is 3.36. The monoisotopic (exact) mass is 274 g/mol. The van der Waals surface area contributed by atoms with Gasteiger partial charge in [-0.05, 0) is 24.1 Å². The molecule has 6 nitrogen and oxygen atoms in total. The van der Waals surface area contributed by atoms with E-state index >= 15 is 0 Å². The highest BCUT2D eigenvalue weighted by atomic mass is 16.5. The van der Waals surface area contributed by atoms with Crippen LogP contribution >= 0.6 is 0 Å². The number of ether oxygens (including phenoxy) is 1. The van der Waals surface area contributed by atoms with Gasteiger partial charge in [-0.3, -0.25) is 9.48 Å². The van der Waals surface area contributed by atoms with Crippen molar-refractivity contribution in [1.82, 2.24) is 15.1 Å². The number of methoxy groups -OCH3 is 1. The maximum absolute atomic E-state index is 11.9. The molecule has 0 saturated carbocycles. The van der Waals surface area contributed by atoms with Crippen molar-refractivity contribution in [2.45, 2.75) is 6.42 Å². The summed E-state index contributed by atoms with van der Waals surface area (Å²) in [6.07, 6.45) is 2.35. The summed E-state index contributed by atoms with van der Waals surface area (Å²) in [5.74, 6) is 0.565. The Hall–Kier alpha value is -2.50. The Morgan fingerprint density at radius 3 is 2.65 bits per heavy atom. The molecule has 106 valence electrons. The van der Waals surface area contributed by atoms with Gasteiger partial charge in [-0.25, -0.2) is 0 Å². The third-order valence-electron chi connectivity index (χ3n) is 2.93. The van der Waals surface area contributed by atoms with E-state index < -0.39 is 0 Å². The van der Waals surface area contributed by atoms with Crippen molar-refractivity contribution in [1.29, 1.82) is 0 Å². The highest BCUT2D eigenvalue weighted by Crippen LogP contribution is 2.11. The van der Waals surface area contributed by atoms with Gasteiger partial charge in [-0.15, -0.1) is 0 Å². The Labute approximate surface area is 117 Å². The number of carbonyl (C=O) groups excluding carboxylic acids is 1. The first kappa shape index (κ1) is 13.9. The minimum atomic E-state index is -0.253. The number of carbonyl (C=O) groups is 1. The molecule has 0 aliphatic carbocycles. The molecule has 0 spiro atoms. The molecule has 1 aromatic heterocycles. The predicted molar refractivity (Wildman–Crippen MR) is 76.7 cm³/mol. The van der Waals surface area contributed by atoms with E-state index in [-0.39, 0.29) is 11.6 Å². The molecule has 20 heavy (non-hydrogen) atoms. The molecule has 2 rings (SSSR count). The zero-order chi connectivity index (χ0) is 14.5. The van der Waals surface area contributed by atoms with Crippen LogP contribution in [0.4, 0.5) is 5.69 Å². The molecular weight excluding hydrogens is 256 g/mol. The van der Waals surface area contributed by atoms with E-state index in [1.54, 1.807) is 20.4 Å². The van der Waals surface area contributed by atoms with E-state index in [1.807, 2.05) is 24.3 Å². The number of nitrogens with one attached hydrogen (secondary N) is 1. The number of nitrogens with two attached hydrogens (primary N) is 1. The summed E-state index contributed by atoms with van der Waals surface area (Å²) in [5.41, 5.74) is 7.47. The molecule has 0 fully saturated rings. The first-order chi connectivity index (χ1) is 9.60. The van der Waals surface area contributed by atoms with Crippen LogP contribution in [0.15, 0.2) is 30.5 Å². The predicted octanol–water partition coefficient (Wildman–Crippen LogP) is 0.983. The van der Waals surface area contributed by atoms with E-state index in [2.05, 4.69) is 10.4 Å². The SMILES string of the molecule is COc1ccc(CCNC(=O)c2nn(C)cc2N)cc1. The third-order valence-corrected chi connectivity index (χ3v) is 2.93. The van der Waals surface area contributed by atoms with Crippen molar-refractivity contribution in [3.05, 3.63) is 41.7 Å². The lowest BCUT2D eigenvalue weighted by Gasteiger charge is -2.05. The fourth-order valence-corrected chi connectivity index (χ4v) is 1.88. The van der Waals surface area contributed by atoms with E-state index in [9.17, 15) is 4.79 Å². The Kier molecular flexibility index (Phi) is 4.24. The zero-order valence-electron chi connectivity index (χ0n) is 11.6. The highest BCUT2D eigenvalue weighted by Gasteiger charge is 2.13. The van der Waals surface area contributed by atoms with Gasteiger partial charge in [0.1, 0.15) is 5.75 Å². The topological polar surface area (TPSA) is 82.2 Å². The molecule has 1 aromatic carbocycles. The number of aryl methyl sites for hydroxylation is 1. The van der Waals surface area contributed by atoms with Gasteiger partial charge in [0.2, 0.25) is 0 Å². The van der Waals surface area contributed by atoms with Crippen LogP contribution in [0.2, 0.25) is 0 Å². The van der Waals surface area contributed by atoms with Crippen LogP contribution in [0, 0.1) is 0 Å². The summed E-state index contributed by atoms with van der Waals surface area (Å²) < 4.78 is 6.61. The number of nitrogen functional groups attached to an aromatic ring is 1. The number of aromatic nitrogens is 2. The van der Waals surface area contributed by atoms with Crippen molar-refractivity contribution in [2.75, 3.05) is 19.4 Å². The summed E-state index contributed by atoms with van der Waals surface area (Å²) >= 11 is 0. The average Bonchev–Trinajstić information content (AvgIpc) is 2.78. The first-order valence-corrected chi connectivity index (χ1v) is 6.30. The van der Waals surface area contributed by atoms with Crippen LogP contribution in [-0.2, 0) is 13.5 Å². The normalized spacial score (nSPS) is 10.3. The van der Waals surface area contributed by atoms with E-state index in [1.165, 1.54) is 4.68 Å². The largest absolute Gasteiger partial charge is 0.497 e. The number of amides is 1. The molecule has 2 aromatic rings. The Morgan fingerprint density at radius 1 is 1.40 bits per heavy atom. The quantitative estimate of drug-likeness (QED) is 0.851. The van der Waals surface area contributed by atoms with Crippen LogP contribution in [0.25, 0.3) is 0 Å². The van der Waals surface area contributed by atoms with E-state index in [0.717, 1.165) is 17.7 Å². The molecule has 3 N–H and O–H groups in total. The number of rotatable bonds is 5. The van der Waals surface area contributed by atoms with Gasteiger partial charge >= 0.3 is 0 Å². The van der Waals surface area contributed by atoms with Crippen molar-refractivity contribution in [3.8, 4) is 5.75 Å². The number of hydrogen-bond acceptors (Lipinski definition) is 4. The van der Waals surface area contributed by atoms with Crippen LogP contribution < -0.4 is 15.8 Å². The maximum Gasteiger partial charge on any atom is 0.273 e. The number of anilines is 1. The van der Waals surface area contributed by atoms with Crippen LogP contribution in [0.1, 0.15) is 16.1 Å². The molecule has 1 amide bonds. The van der Waals surface area contributed by atoms with Gasteiger partial charge in [0, 0.05) is 19.8 Å². The minimum Gasteiger partial charge on any atom is -0.497 e. The third kappa shape index (κ3) is 3.28. The first-order valence-electron chi connectivity index (χ1n) is 6.30. The van der Waals surface area contributed by atoms with Gasteiger partial charge in [0.15, 0.2) is 5.69 Å². The average molecular weight is 274 g/mol. The second-order valence-corrected chi connectivity index (χ2v) is 4.46. The molecule has 0 aliphatic heterocycles. The summed E-state index contributed by atoms with van der Waals surface area (Å²) in [5, 5.41) is 6.83. The highest BCUT2D eigenvalue weighted by molar-refractivity contribution is 5.96. The number of hydrogen-bond donors (Lipinski definition) is 2. The zero-order valence-corrected chi connectivity index (χ0v) is 11.6. The molecule has 0 aliphatic rings. The van der Waals surface area contributed by atoms with E-state index in [4.69, 9.17) is 10.5 Å². The standard InChI is InChI=1S/C14H18N4O2/c1-18-9-12(15)13(17-18)14(19)16-8-7-10-3-5-11(20-2)6-4-10/h3-6,9H,7-8,15H2,1-2H3,(H,16,19). The van der Waals surface area contributed by atoms with Crippen molar-refractivity contribution < 1.29 is 9.53 Å². The van der Waals surface area contributed by atoms with Crippen LogP contribution in [-0.4, -0.2) is 29.3 Å². The lowest BCUT2D eigenvalue weighted by Crippen LogP contribution is -2.26. The lowest BCUT2D eigenvalue weighted by molar-refractivity contribution is 0.0949. The van der Waals surface area contributed by atoms with Crippen LogP contribution in [0.5, 0.6) is 5.75 Å². The van der Waals surface area contributed by atoms with E-state index in [0.29, 0.717) is 12.2 Å². The van der Waals surface area contributed by atoms with Gasteiger partial charge in [0.05, 0.1) is 12.8 Å². The summed E-state index contributed by atoms with van der Waals surface area (Å²) in [6, 6.07) is 7.74. The fraction of sp³-hybridized carbons (Fsp3) is 0.286. The van der Waals surface area contributed by atoms with Gasteiger partial charge < -0.3 is 15.8 Å². The molecule has 0 saturated heterocycles. The smallest absolute Gasteiger partial charge is 0.273 e. The Bertz CT molecular complexity index is 590. The fourth-order valence-electron chi connectivity index (χ4n) is 1.88. The summed E-state index contributed by atoms with van der Waals surface area (Å²) in [4.78, 5) is 11.9. The minimum absolute atomic E-state index is 0.253. The molecule has 6 heteroatoms. The Balaban J connectivity index is 1.86. The number of benzene rings is 1. The molecule has 0 bridgehead atoms. The van der Waals surface area contributed by atoms with Crippen molar-refractivity contribution in [3.63, 3.8) is 0 Å². The summed E-state index contributed by atoms with van der Waals surface area (Å²) in [6.45, 7) is 0.529. The lowest BCUT2D eigenvalue weighted by atomic mass is 10.1. The molecule has 1 heterocycles. The van der Waals surface area contributed by atoms with Gasteiger partial charge in [0.25, 0.3) is 5.91 Å². The van der Waals surface area contributed by atoms with Gasteiger partial charge in [-0.2, -0.15) is 5.10 Å². The second-order valence-electron chi connectivity index (χ2n) is 4.46. The van der Waals surface area contributed by atoms with Crippen LogP contribution in [0.3, 0.4) is 0 Å². The molecule has 0 unspecified atom stereocenters. The number of nitrogens with zero attached hydrogens (tertiary/aromatic N) is 2.